The molecule has 1 heterocycles. The maximum absolute atomic E-state index is 13.2. The molecule has 0 spiro atoms. The summed E-state index contributed by atoms with van der Waals surface area (Å²) in [6.45, 7) is 1.46. The van der Waals surface area contributed by atoms with Gasteiger partial charge in [0.25, 0.3) is 11.8 Å². The third-order valence-electron chi connectivity index (χ3n) is 3.17. The van der Waals surface area contributed by atoms with Gasteiger partial charge in [-0.25, -0.2) is 8.78 Å². The average molecular weight is 298 g/mol. The number of nitrogens with zero attached hydrogens (tertiary/aromatic N) is 2. The first-order valence-corrected chi connectivity index (χ1v) is 6.35. The molecule has 1 atom stereocenters. The zero-order valence-electron chi connectivity index (χ0n) is 12.0. The van der Waals surface area contributed by atoms with E-state index in [-0.39, 0.29) is 24.2 Å². The number of carbonyl (C=O) groups excluding carboxylic acids is 2. The van der Waals surface area contributed by atoms with Crippen LogP contribution in [-0.2, 0) is 0 Å². The van der Waals surface area contributed by atoms with Gasteiger partial charge in [0.2, 0.25) is 0 Å². The smallest absolute Gasteiger partial charge is 0.261 e. The Hall–Kier alpha value is -1.86. The molecule has 0 radical (unpaired) electrons. The van der Waals surface area contributed by atoms with Gasteiger partial charge in [0.1, 0.15) is 0 Å². The predicted octanol–water partition coefficient (Wildman–Crippen LogP) is 0.873. The van der Waals surface area contributed by atoms with Gasteiger partial charge in [-0.3, -0.25) is 14.5 Å². The first-order valence-electron chi connectivity index (χ1n) is 6.35. The van der Waals surface area contributed by atoms with Crippen molar-refractivity contribution in [3.8, 4) is 0 Å². The van der Waals surface area contributed by atoms with Gasteiger partial charge in [-0.05, 0) is 33.2 Å². The highest BCUT2D eigenvalue weighted by molar-refractivity contribution is 6.21. The molecule has 1 aromatic carbocycles. The number of likely N-dealkylation sites (N-methyl/N-ethyl adjacent to an activating group) is 1. The molecule has 0 aliphatic carbocycles. The van der Waals surface area contributed by atoms with Crippen LogP contribution in [0.5, 0.6) is 0 Å². The van der Waals surface area contributed by atoms with Gasteiger partial charge in [-0.1, -0.05) is 0 Å². The van der Waals surface area contributed by atoms with Crippen LogP contribution >= 0.6 is 0 Å². The summed E-state index contributed by atoms with van der Waals surface area (Å²) < 4.78 is 26.4. The molecule has 1 unspecified atom stereocenters. The quantitative estimate of drug-likeness (QED) is 0.838. The number of rotatable bonds is 4. The van der Waals surface area contributed by atoms with Crippen molar-refractivity contribution in [3.05, 3.63) is 34.9 Å². The molecule has 114 valence electrons. The molecule has 7 heteroatoms. The average Bonchev–Trinajstić information content (AvgIpc) is 2.54. The Morgan fingerprint density at radius 2 is 1.57 bits per heavy atom. The van der Waals surface area contributed by atoms with Gasteiger partial charge in [-0.2, -0.15) is 0 Å². The molecule has 1 aliphatic rings. The van der Waals surface area contributed by atoms with Gasteiger partial charge < -0.3 is 10.0 Å². The highest BCUT2D eigenvalue weighted by Gasteiger charge is 2.40. The zero-order chi connectivity index (χ0) is 15.9. The lowest BCUT2D eigenvalue weighted by Gasteiger charge is -2.30. The minimum absolute atomic E-state index is 0.181. The number of aliphatic hydroxyl groups is 1. The highest BCUT2D eigenvalue weighted by atomic mass is 19.2. The summed E-state index contributed by atoms with van der Waals surface area (Å²) in [5.41, 5.74) is -1.69. The number of imide groups is 1. The largest absolute Gasteiger partial charge is 0.387 e. The van der Waals surface area contributed by atoms with Crippen LogP contribution in [0.25, 0.3) is 0 Å². The van der Waals surface area contributed by atoms with Crippen molar-refractivity contribution in [1.82, 2.24) is 9.80 Å². The zero-order valence-corrected chi connectivity index (χ0v) is 12.0. The van der Waals surface area contributed by atoms with E-state index in [0.29, 0.717) is 12.1 Å². The predicted molar refractivity (Wildman–Crippen MR) is 70.9 cm³/mol. The van der Waals surface area contributed by atoms with Crippen LogP contribution in [0.2, 0.25) is 0 Å². The highest BCUT2D eigenvalue weighted by Crippen LogP contribution is 2.26. The van der Waals surface area contributed by atoms with Crippen LogP contribution in [0.4, 0.5) is 8.78 Å². The number of amides is 2. The minimum atomic E-state index is -1.33. The van der Waals surface area contributed by atoms with Gasteiger partial charge in [0, 0.05) is 6.54 Å². The van der Waals surface area contributed by atoms with Crippen molar-refractivity contribution in [2.45, 2.75) is 12.5 Å². The van der Waals surface area contributed by atoms with Crippen molar-refractivity contribution in [3.63, 3.8) is 0 Å². The van der Waals surface area contributed by atoms with E-state index < -0.39 is 29.0 Å². The van der Waals surface area contributed by atoms with Gasteiger partial charge in [-0.15, -0.1) is 0 Å². The molecule has 1 aromatic rings. The first-order chi connectivity index (χ1) is 9.62. The van der Waals surface area contributed by atoms with Crippen LogP contribution in [0.3, 0.4) is 0 Å². The summed E-state index contributed by atoms with van der Waals surface area (Å²) >= 11 is 0. The molecule has 0 aromatic heterocycles. The topological polar surface area (TPSA) is 60.9 Å². The summed E-state index contributed by atoms with van der Waals surface area (Å²) in [6, 6.07) is 1.43. The molecule has 2 rings (SSSR count). The van der Waals surface area contributed by atoms with E-state index >= 15 is 0 Å². The molecule has 1 N–H and O–H groups in total. The lowest BCUT2D eigenvalue weighted by Crippen LogP contribution is -2.49. The Bertz CT molecular complexity index is 573. The van der Waals surface area contributed by atoms with Crippen LogP contribution in [0.15, 0.2) is 12.1 Å². The Morgan fingerprint density at radius 3 is 1.95 bits per heavy atom. The number of benzene rings is 1. The number of β-amino-alcohol motifs (C(OH)–C–C–N with tert-alkyl or cyclic N) is 1. The number of hydrogen-bond donors (Lipinski definition) is 1. The van der Waals surface area contributed by atoms with E-state index in [9.17, 15) is 23.5 Å². The van der Waals surface area contributed by atoms with Gasteiger partial charge in [0.15, 0.2) is 11.6 Å². The molecular formula is C14H16F2N2O3. The summed E-state index contributed by atoms with van der Waals surface area (Å²) in [5.74, 6) is -3.82. The van der Waals surface area contributed by atoms with Crippen molar-refractivity contribution in [2.24, 2.45) is 0 Å². The Labute approximate surface area is 120 Å². The molecule has 0 saturated carbocycles. The number of hydrogen-bond acceptors (Lipinski definition) is 4. The summed E-state index contributed by atoms with van der Waals surface area (Å²) in [6.07, 6.45) is 0. The Kier molecular flexibility index (Phi) is 3.81. The Morgan fingerprint density at radius 1 is 1.14 bits per heavy atom. The fourth-order valence-corrected chi connectivity index (χ4v) is 2.50. The standard InChI is InChI=1S/C14H16F2N2O3/c1-14(21,6-17(2)3)7-18-12(19)8-4-10(15)11(16)5-9(8)13(18)20/h4-5,21H,6-7H2,1-3H3. The van der Waals surface area contributed by atoms with Gasteiger partial charge >= 0.3 is 0 Å². The number of fused-ring (bicyclic) bond motifs is 1. The van der Waals surface area contributed by atoms with Crippen molar-refractivity contribution in [2.75, 3.05) is 27.2 Å². The second kappa shape index (κ2) is 5.16. The van der Waals surface area contributed by atoms with Crippen LogP contribution < -0.4 is 0 Å². The van der Waals surface area contributed by atoms with E-state index in [2.05, 4.69) is 0 Å². The molecule has 0 saturated heterocycles. The number of carbonyl (C=O) groups is 2. The molecule has 0 fully saturated rings. The van der Waals surface area contributed by atoms with Gasteiger partial charge in [0.05, 0.1) is 23.3 Å². The summed E-state index contributed by atoms with van der Waals surface area (Å²) in [5, 5.41) is 10.2. The van der Waals surface area contributed by atoms with Crippen molar-refractivity contribution >= 4 is 11.8 Å². The lowest BCUT2D eigenvalue weighted by atomic mass is 10.1. The molecule has 1 aliphatic heterocycles. The van der Waals surface area contributed by atoms with Crippen LogP contribution in [0, 0.1) is 11.6 Å². The fourth-order valence-electron chi connectivity index (χ4n) is 2.50. The SMILES string of the molecule is CN(C)CC(C)(O)CN1C(=O)c2cc(F)c(F)cc2C1=O. The van der Waals surface area contributed by atoms with Crippen molar-refractivity contribution < 1.29 is 23.5 Å². The third kappa shape index (κ3) is 2.93. The molecule has 21 heavy (non-hydrogen) atoms. The normalized spacial score (nSPS) is 17.4. The van der Waals surface area contributed by atoms with E-state index in [1.165, 1.54) is 6.92 Å². The van der Waals surface area contributed by atoms with Crippen LogP contribution in [-0.4, -0.2) is 59.5 Å². The Balaban J connectivity index is 2.30. The third-order valence-corrected chi connectivity index (χ3v) is 3.17. The molecule has 5 nitrogen and oxygen atoms in total. The number of halogens is 2. The molecule has 2 amide bonds. The molecule has 0 bridgehead atoms. The van der Waals surface area contributed by atoms with Crippen molar-refractivity contribution in [1.29, 1.82) is 0 Å². The summed E-state index contributed by atoms with van der Waals surface area (Å²) in [7, 11) is 3.48. The van der Waals surface area contributed by atoms with E-state index in [1.54, 1.807) is 19.0 Å². The first kappa shape index (κ1) is 15.5. The second-order valence-corrected chi connectivity index (χ2v) is 5.74. The van der Waals surface area contributed by atoms with E-state index in [1.807, 2.05) is 0 Å². The van der Waals surface area contributed by atoms with Crippen LogP contribution in [0.1, 0.15) is 27.6 Å². The van der Waals surface area contributed by atoms with E-state index in [0.717, 1.165) is 4.90 Å². The lowest BCUT2D eigenvalue weighted by molar-refractivity contribution is 0.00473. The molecular weight excluding hydrogens is 282 g/mol. The monoisotopic (exact) mass is 298 g/mol. The second-order valence-electron chi connectivity index (χ2n) is 5.74. The maximum atomic E-state index is 13.2. The fraction of sp³-hybridized carbons (Fsp3) is 0.429. The summed E-state index contributed by atoms with van der Waals surface area (Å²) in [4.78, 5) is 26.8. The van der Waals surface area contributed by atoms with E-state index in [4.69, 9.17) is 0 Å². The minimum Gasteiger partial charge on any atom is -0.387 e. The maximum Gasteiger partial charge on any atom is 0.261 e.